The number of nitrogens with zero attached hydrogens (tertiary/aromatic N) is 3. The summed E-state index contributed by atoms with van der Waals surface area (Å²) in [4.78, 5) is 23.9. The highest BCUT2D eigenvalue weighted by molar-refractivity contribution is 5.95. The van der Waals surface area contributed by atoms with Crippen molar-refractivity contribution in [3.63, 3.8) is 0 Å². The molecule has 116 valence electrons. The molecule has 0 saturated carbocycles. The lowest BCUT2D eigenvalue weighted by atomic mass is 10.3. The van der Waals surface area contributed by atoms with Gasteiger partial charge >= 0.3 is 0 Å². The molecule has 8 nitrogen and oxygen atoms in total. The van der Waals surface area contributed by atoms with Gasteiger partial charge in [0.2, 0.25) is 0 Å². The second-order valence-electron chi connectivity index (χ2n) is 4.58. The second kappa shape index (κ2) is 7.77. The molecule has 8 heteroatoms. The number of anilines is 3. The largest absolute Gasteiger partial charge is 0.393 e. The topological polar surface area (TPSA) is 118 Å². The summed E-state index contributed by atoms with van der Waals surface area (Å²) in [5.74, 6) is 0.585. The zero-order valence-electron chi connectivity index (χ0n) is 12.3. The molecule has 0 saturated heterocycles. The average Bonchev–Trinajstić information content (AvgIpc) is 2.56. The van der Waals surface area contributed by atoms with Gasteiger partial charge in [0.25, 0.3) is 5.91 Å². The number of unbranched alkanes of at least 4 members (excludes halogenated alkanes) is 1. The normalized spacial score (nSPS) is 10.0. The van der Waals surface area contributed by atoms with Gasteiger partial charge in [0.05, 0.1) is 0 Å². The summed E-state index contributed by atoms with van der Waals surface area (Å²) < 4.78 is 0. The Labute approximate surface area is 128 Å². The Hall–Kier alpha value is -2.90. The first kappa shape index (κ1) is 15.5. The van der Waals surface area contributed by atoms with Crippen LogP contribution in [-0.2, 0) is 0 Å². The van der Waals surface area contributed by atoms with Crippen LogP contribution in [0.5, 0.6) is 0 Å². The standard InChI is InChI=1S/C14H19N7O/c1-2-3-6-17-12-11(15)13(19-9-18-12)20-21-14(22)10-4-7-16-8-5-10/h4-5,7-9H,2-3,6,15H2,1H3,(H,21,22)(H2,17,18,19,20). The Kier molecular flexibility index (Phi) is 5.47. The van der Waals surface area contributed by atoms with E-state index >= 15 is 0 Å². The molecule has 2 aromatic rings. The molecule has 0 aromatic carbocycles. The Bertz CT molecular complexity index is 618. The fraction of sp³-hybridized carbons (Fsp3) is 0.286. The summed E-state index contributed by atoms with van der Waals surface area (Å²) in [6.45, 7) is 2.88. The average molecular weight is 301 g/mol. The molecule has 0 spiro atoms. The number of hydrazine groups is 1. The molecule has 2 heterocycles. The quantitative estimate of drug-likeness (QED) is 0.451. The van der Waals surface area contributed by atoms with Crippen LogP contribution in [0.1, 0.15) is 30.1 Å². The van der Waals surface area contributed by atoms with Gasteiger partial charge in [-0.25, -0.2) is 9.97 Å². The molecule has 2 rings (SSSR count). The van der Waals surface area contributed by atoms with Gasteiger partial charge in [-0.3, -0.25) is 20.6 Å². The van der Waals surface area contributed by atoms with Crippen LogP contribution in [0.3, 0.4) is 0 Å². The van der Waals surface area contributed by atoms with E-state index < -0.39 is 0 Å². The number of rotatable bonds is 7. The van der Waals surface area contributed by atoms with E-state index in [0.717, 1.165) is 19.4 Å². The SMILES string of the molecule is CCCCNc1ncnc(NNC(=O)c2ccncc2)c1N. The molecule has 0 atom stereocenters. The van der Waals surface area contributed by atoms with E-state index in [4.69, 9.17) is 5.73 Å². The lowest BCUT2D eigenvalue weighted by molar-refractivity contribution is 0.0962. The summed E-state index contributed by atoms with van der Waals surface area (Å²) in [7, 11) is 0. The van der Waals surface area contributed by atoms with Crippen LogP contribution in [0.15, 0.2) is 30.9 Å². The number of nitrogens with one attached hydrogen (secondary N) is 3. The summed E-state index contributed by atoms with van der Waals surface area (Å²) in [6, 6.07) is 3.22. The molecule has 0 aliphatic rings. The monoisotopic (exact) mass is 301 g/mol. The molecule has 22 heavy (non-hydrogen) atoms. The number of hydrogen-bond donors (Lipinski definition) is 4. The summed E-state index contributed by atoms with van der Waals surface area (Å²) in [5.41, 5.74) is 12.1. The van der Waals surface area contributed by atoms with E-state index in [0.29, 0.717) is 22.9 Å². The zero-order valence-corrected chi connectivity index (χ0v) is 12.3. The van der Waals surface area contributed by atoms with Crippen molar-refractivity contribution in [2.75, 3.05) is 23.0 Å². The first-order valence-corrected chi connectivity index (χ1v) is 7.03. The van der Waals surface area contributed by atoms with Crippen molar-refractivity contribution in [2.45, 2.75) is 19.8 Å². The Morgan fingerprint density at radius 1 is 1.23 bits per heavy atom. The van der Waals surface area contributed by atoms with Gasteiger partial charge in [-0.2, -0.15) is 0 Å². The molecule has 0 aliphatic heterocycles. The Balaban J connectivity index is 1.98. The van der Waals surface area contributed by atoms with Crippen LogP contribution in [0.2, 0.25) is 0 Å². The Morgan fingerprint density at radius 2 is 1.95 bits per heavy atom. The van der Waals surface area contributed by atoms with Crippen molar-refractivity contribution in [2.24, 2.45) is 0 Å². The van der Waals surface area contributed by atoms with Crippen LogP contribution in [0, 0.1) is 0 Å². The molecule has 0 radical (unpaired) electrons. The van der Waals surface area contributed by atoms with E-state index in [2.05, 4.69) is 38.0 Å². The molecule has 0 fully saturated rings. The molecule has 2 aromatic heterocycles. The third-order valence-electron chi connectivity index (χ3n) is 2.94. The highest BCUT2D eigenvalue weighted by Crippen LogP contribution is 2.21. The first-order valence-electron chi connectivity index (χ1n) is 7.03. The van der Waals surface area contributed by atoms with Gasteiger partial charge in [0.1, 0.15) is 12.0 Å². The molecule has 0 aliphatic carbocycles. The number of nitrogens with two attached hydrogens (primary N) is 1. The van der Waals surface area contributed by atoms with Crippen LogP contribution in [-0.4, -0.2) is 27.4 Å². The fourth-order valence-electron chi connectivity index (χ4n) is 1.71. The lowest BCUT2D eigenvalue weighted by Crippen LogP contribution is -2.30. The van der Waals surface area contributed by atoms with Crippen molar-refractivity contribution in [1.82, 2.24) is 20.4 Å². The number of aromatic nitrogens is 3. The summed E-state index contributed by atoms with van der Waals surface area (Å²) in [5, 5.41) is 3.14. The minimum Gasteiger partial charge on any atom is -0.393 e. The number of amides is 1. The van der Waals surface area contributed by atoms with Crippen molar-refractivity contribution < 1.29 is 4.79 Å². The van der Waals surface area contributed by atoms with E-state index in [1.807, 2.05) is 0 Å². The van der Waals surface area contributed by atoms with Crippen molar-refractivity contribution in [1.29, 1.82) is 0 Å². The zero-order chi connectivity index (χ0) is 15.8. The smallest absolute Gasteiger partial charge is 0.269 e. The molecular weight excluding hydrogens is 282 g/mol. The molecule has 5 N–H and O–H groups in total. The molecular formula is C14H19N7O. The Morgan fingerprint density at radius 3 is 2.68 bits per heavy atom. The molecule has 1 amide bonds. The number of nitrogen functional groups attached to an aromatic ring is 1. The van der Waals surface area contributed by atoms with Crippen molar-refractivity contribution >= 4 is 23.2 Å². The van der Waals surface area contributed by atoms with Gasteiger partial charge in [0, 0.05) is 24.5 Å². The van der Waals surface area contributed by atoms with E-state index in [1.54, 1.807) is 24.5 Å². The number of carbonyl (C=O) groups excluding carboxylic acids is 1. The van der Waals surface area contributed by atoms with Gasteiger partial charge in [0.15, 0.2) is 11.6 Å². The lowest BCUT2D eigenvalue weighted by Gasteiger charge is -2.12. The van der Waals surface area contributed by atoms with Gasteiger partial charge in [-0.1, -0.05) is 13.3 Å². The van der Waals surface area contributed by atoms with Crippen LogP contribution >= 0.6 is 0 Å². The van der Waals surface area contributed by atoms with Crippen LogP contribution in [0.25, 0.3) is 0 Å². The highest BCUT2D eigenvalue weighted by atomic mass is 16.2. The maximum atomic E-state index is 11.9. The van der Waals surface area contributed by atoms with Gasteiger partial charge in [-0.15, -0.1) is 0 Å². The van der Waals surface area contributed by atoms with E-state index in [9.17, 15) is 4.79 Å². The van der Waals surface area contributed by atoms with Crippen LogP contribution < -0.4 is 21.9 Å². The van der Waals surface area contributed by atoms with Crippen LogP contribution in [0.4, 0.5) is 17.3 Å². The summed E-state index contributed by atoms with van der Waals surface area (Å²) in [6.07, 6.45) is 6.56. The highest BCUT2D eigenvalue weighted by Gasteiger charge is 2.09. The van der Waals surface area contributed by atoms with Crippen molar-refractivity contribution in [3.05, 3.63) is 36.4 Å². The first-order chi connectivity index (χ1) is 10.7. The number of hydrogen-bond acceptors (Lipinski definition) is 7. The molecule has 0 bridgehead atoms. The third-order valence-corrected chi connectivity index (χ3v) is 2.94. The number of pyridine rings is 1. The number of carbonyl (C=O) groups is 1. The minimum absolute atomic E-state index is 0.305. The van der Waals surface area contributed by atoms with E-state index in [-0.39, 0.29) is 5.91 Å². The second-order valence-corrected chi connectivity index (χ2v) is 4.58. The maximum absolute atomic E-state index is 11.9. The predicted octanol–water partition coefficient (Wildman–Crippen LogP) is 1.42. The summed E-state index contributed by atoms with van der Waals surface area (Å²) >= 11 is 0. The molecule has 0 unspecified atom stereocenters. The third kappa shape index (κ3) is 4.05. The van der Waals surface area contributed by atoms with E-state index in [1.165, 1.54) is 6.33 Å². The van der Waals surface area contributed by atoms with Gasteiger partial charge in [-0.05, 0) is 18.6 Å². The minimum atomic E-state index is -0.305. The maximum Gasteiger partial charge on any atom is 0.269 e. The predicted molar refractivity (Wildman–Crippen MR) is 85.2 cm³/mol. The van der Waals surface area contributed by atoms with Crippen molar-refractivity contribution in [3.8, 4) is 0 Å². The van der Waals surface area contributed by atoms with Gasteiger partial charge < -0.3 is 11.1 Å². The fourth-order valence-corrected chi connectivity index (χ4v) is 1.71.